The van der Waals surface area contributed by atoms with Crippen molar-refractivity contribution in [3.8, 4) is 0 Å². The molecule has 1 aromatic carbocycles. The van der Waals surface area contributed by atoms with Crippen molar-refractivity contribution >= 4 is 16.7 Å². The van der Waals surface area contributed by atoms with Gasteiger partial charge in [0.05, 0.1) is 11.0 Å². The first kappa shape index (κ1) is 20.1. The Morgan fingerprint density at radius 2 is 1.77 bits per heavy atom. The molecule has 0 bridgehead atoms. The molecule has 0 amide bonds. The maximum Gasteiger partial charge on any atom is 0.100 e. The highest BCUT2D eigenvalue weighted by Crippen LogP contribution is 2.65. The lowest BCUT2D eigenvalue weighted by atomic mass is 9.48. The van der Waals surface area contributed by atoms with Gasteiger partial charge in [0.15, 0.2) is 0 Å². The maximum absolute atomic E-state index is 4.69. The normalized spacial score (nSPS) is 37.3. The Morgan fingerprint density at radius 1 is 0.933 bits per heavy atom. The number of rotatable bonds is 1. The third kappa shape index (κ3) is 2.71. The lowest BCUT2D eigenvalue weighted by molar-refractivity contribution is -0.0112. The Kier molecular flexibility index (Phi) is 4.95. The Morgan fingerprint density at radius 3 is 2.63 bits per heavy atom. The molecule has 2 saturated carbocycles. The molecule has 5 atom stereocenters. The van der Waals surface area contributed by atoms with Crippen molar-refractivity contribution in [1.29, 1.82) is 0 Å². The topological polar surface area (TPSA) is 17.8 Å². The first-order valence-electron chi connectivity index (χ1n) is 12.4. The van der Waals surface area contributed by atoms with Crippen LogP contribution in [0.25, 0.3) is 16.7 Å². The van der Waals surface area contributed by atoms with E-state index in [1.807, 2.05) is 19.4 Å². The fraction of sp³-hybridized carbons (Fsp3) is 0.607. The molecule has 2 fully saturated rings. The highest BCUT2D eigenvalue weighted by molar-refractivity contribution is 5.80. The minimum absolute atomic E-state index is 0.293. The Bertz CT molecular complexity index is 995. The first-order chi connectivity index (χ1) is 14.6. The van der Waals surface area contributed by atoms with E-state index in [1.165, 1.54) is 62.6 Å². The van der Waals surface area contributed by atoms with Gasteiger partial charge in [0, 0.05) is 11.1 Å². The van der Waals surface area contributed by atoms with Crippen LogP contribution in [-0.4, -0.2) is 9.55 Å². The third-order valence-corrected chi connectivity index (χ3v) is 9.27. The molecule has 1 heterocycles. The minimum Gasteiger partial charge on any atom is -0.302 e. The molecule has 4 aliphatic rings. The van der Waals surface area contributed by atoms with Crippen molar-refractivity contribution < 1.29 is 0 Å². The van der Waals surface area contributed by atoms with Gasteiger partial charge in [0.2, 0.25) is 0 Å². The lowest BCUT2D eigenvalue weighted by Gasteiger charge is -2.57. The molecule has 4 aliphatic carbocycles. The highest BCUT2D eigenvalue weighted by Gasteiger charge is 2.56. The summed E-state index contributed by atoms with van der Waals surface area (Å²) in [7, 11) is 0. The monoisotopic (exact) mass is 402 g/mol. The summed E-state index contributed by atoms with van der Waals surface area (Å²) in [6.07, 6.45) is 18.2. The molecule has 5 unspecified atom stereocenters. The van der Waals surface area contributed by atoms with Gasteiger partial charge < -0.3 is 4.57 Å². The number of hydrogen-bond acceptors (Lipinski definition) is 1. The van der Waals surface area contributed by atoms with E-state index in [-0.39, 0.29) is 0 Å². The number of nitrogens with zero attached hydrogens (tertiary/aromatic N) is 2. The summed E-state index contributed by atoms with van der Waals surface area (Å²) >= 11 is 0. The number of fused-ring (bicyclic) bond motifs is 6. The molecular formula is C28H38N2. The Hall–Kier alpha value is -1.83. The number of imidazole rings is 1. The molecular weight excluding hydrogens is 364 g/mol. The van der Waals surface area contributed by atoms with Gasteiger partial charge in [0.1, 0.15) is 6.33 Å². The molecule has 2 aromatic rings. The van der Waals surface area contributed by atoms with Crippen molar-refractivity contribution in [2.75, 3.05) is 0 Å². The second kappa shape index (κ2) is 7.39. The SMILES string of the molecule is CC.CC12CCCCC1=CCC1C2CCC2(C)C(n3cnc4ccccc43)=CCC12. The summed E-state index contributed by atoms with van der Waals surface area (Å²) in [6, 6.07) is 8.60. The average molecular weight is 403 g/mol. The molecule has 0 aliphatic heterocycles. The van der Waals surface area contributed by atoms with Crippen molar-refractivity contribution in [1.82, 2.24) is 9.55 Å². The Balaban J connectivity index is 0.000000937. The summed E-state index contributed by atoms with van der Waals surface area (Å²) in [5, 5.41) is 0. The summed E-state index contributed by atoms with van der Waals surface area (Å²) in [5.74, 6) is 2.55. The van der Waals surface area contributed by atoms with Gasteiger partial charge in [-0.2, -0.15) is 0 Å². The van der Waals surface area contributed by atoms with Gasteiger partial charge >= 0.3 is 0 Å². The molecule has 6 rings (SSSR count). The lowest BCUT2D eigenvalue weighted by Crippen LogP contribution is -2.49. The summed E-state index contributed by atoms with van der Waals surface area (Å²) in [6.45, 7) is 9.17. The van der Waals surface area contributed by atoms with E-state index < -0.39 is 0 Å². The van der Waals surface area contributed by atoms with Crippen LogP contribution in [0.5, 0.6) is 0 Å². The molecule has 0 spiro atoms. The molecule has 1 aromatic heterocycles. The fourth-order valence-corrected chi connectivity index (χ4v) is 7.77. The van der Waals surface area contributed by atoms with E-state index in [1.54, 1.807) is 0 Å². The first-order valence-corrected chi connectivity index (χ1v) is 12.4. The highest BCUT2D eigenvalue weighted by atomic mass is 15.1. The van der Waals surface area contributed by atoms with Crippen LogP contribution in [-0.2, 0) is 0 Å². The van der Waals surface area contributed by atoms with E-state index >= 15 is 0 Å². The van der Waals surface area contributed by atoms with Gasteiger partial charge in [-0.1, -0.05) is 64.0 Å². The standard InChI is InChI=1S/C26H32N2.C2H6/c1-25-15-6-5-7-18(25)10-11-19-20-12-13-24(26(20,2)16-14-21(19)25)28-17-27-22-8-3-4-9-23(22)28;1-2/h3-4,8-10,13,17,19-21H,5-7,11-12,14-16H2,1-2H3;1-2H3. The van der Waals surface area contributed by atoms with Crippen LogP contribution in [0.15, 0.2) is 48.3 Å². The molecule has 0 N–H and O–H groups in total. The number of hydrogen-bond donors (Lipinski definition) is 0. The van der Waals surface area contributed by atoms with Crippen LogP contribution in [0.1, 0.15) is 79.1 Å². The van der Waals surface area contributed by atoms with E-state index in [2.05, 4.69) is 61.2 Å². The molecule has 0 saturated heterocycles. The fourth-order valence-electron chi connectivity index (χ4n) is 7.77. The summed E-state index contributed by atoms with van der Waals surface area (Å²) < 4.78 is 2.40. The van der Waals surface area contributed by atoms with Crippen LogP contribution in [0.2, 0.25) is 0 Å². The van der Waals surface area contributed by atoms with Gasteiger partial charge in [0.25, 0.3) is 0 Å². The molecule has 160 valence electrons. The maximum atomic E-state index is 4.69. The number of benzene rings is 1. The van der Waals surface area contributed by atoms with E-state index in [4.69, 9.17) is 4.98 Å². The zero-order valence-electron chi connectivity index (χ0n) is 19.3. The van der Waals surface area contributed by atoms with Crippen LogP contribution in [0.4, 0.5) is 0 Å². The van der Waals surface area contributed by atoms with Crippen molar-refractivity contribution in [3.05, 3.63) is 48.3 Å². The van der Waals surface area contributed by atoms with Crippen LogP contribution < -0.4 is 0 Å². The van der Waals surface area contributed by atoms with E-state index in [0.717, 1.165) is 23.3 Å². The number of allylic oxidation sites excluding steroid dienone is 4. The van der Waals surface area contributed by atoms with Crippen LogP contribution in [0, 0.1) is 28.6 Å². The van der Waals surface area contributed by atoms with Crippen molar-refractivity contribution in [2.24, 2.45) is 28.6 Å². The Labute approximate surface area is 182 Å². The average Bonchev–Trinajstić information content (AvgIpc) is 3.35. The van der Waals surface area contributed by atoms with Gasteiger partial charge in [-0.15, -0.1) is 0 Å². The number of aromatic nitrogens is 2. The second-order valence-corrected chi connectivity index (χ2v) is 10.4. The smallest absolute Gasteiger partial charge is 0.100 e. The van der Waals surface area contributed by atoms with Crippen molar-refractivity contribution in [2.45, 2.75) is 79.1 Å². The van der Waals surface area contributed by atoms with Gasteiger partial charge in [-0.05, 0) is 80.2 Å². The van der Waals surface area contributed by atoms with E-state index in [0.29, 0.717) is 10.8 Å². The van der Waals surface area contributed by atoms with Crippen LogP contribution in [0.3, 0.4) is 0 Å². The van der Waals surface area contributed by atoms with Crippen LogP contribution >= 0.6 is 0 Å². The number of para-hydroxylation sites is 2. The predicted molar refractivity (Wildman–Crippen MR) is 127 cm³/mol. The van der Waals surface area contributed by atoms with E-state index in [9.17, 15) is 0 Å². The quantitative estimate of drug-likeness (QED) is 0.444. The zero-order chi connectivity index (χ0) is 20.9. The predicted octanol–water partition coefficient (Wildman–Crippen LogP) is 7.87. The summed E-state index contributed by atoms with van der Waals surface area (Å²) in [5.41, 5.74) is 6.50. The molecule has 30 heavy (non-hydrogen) atoms. The molecule has 0 radical (unpaired) electrons. The molecule has 2 heteroatoms. The van der Waals surface area contributed by atoms with Gasteiger partial charge in [-0.25, -0.2) is 4.98 Å². The third-order valence-electron chi connectivity index (χ3n) is 9.27. The summed E-state index contributed by atoms with van der Waals surface area (Å²) in [4.78, 5) is 4.69. The largest absolute Gasteiger partial charge is 0.302 e. The second-order valence-electron chi connectivity index (χ2n) is 10.4. The molecule has 2 nitrogen and oxygen atoms in total. The van der Waals surface area contributed by atoms with Gasteiger partial charge in [-0.3, -0.25) is 0 Å². The van der Waals surface area contributed by atoms with Crippen molar-refractivity contribution in [3.63, 3.8) is 0 Å². The minimum atomic E-state index is 0.293. The zero-order valence-corrected chi connectivity index (χ0v) is 19.3.